The van der Waals surface area contributed by atoms with Gasteiger partial charge in [0.15, 0.2) is 0 Å². The Labute approximate surface area is 111 Å². The summed E-state index contributed by atoms with van der Waals surface area (Å²) < 4.78 is 0. The zero-order chi connectivity index (χ0) is 13.0. The van der Waals surface area contributed by atoms with E-state index in [1.54, 1.807) is 0 Å². The van der Waals surface area contributed by atoms with Gasteiger partial charge < -0.3 is 10.6 Å². The van der Waals surface area contributed by atoms with E-state index in [1.807, 2.05) is 0 Å². The molecule has 3 nitrogen and oxygen atoms in total. The molecule has 0 bridgehead atoms. The molecule has 0 aromatic carbocycles. The Hall–Kier alpha value is -0.570. The van der Waals surface area contributed by atoms with Crippen molar-refractivity contribution in [2.24, 2.45) is 11.8 Å². The molecule has 3 heteroatoms. The highest BCUT2D eigenvalue weighted by atomic mass is 16.2. The first-order valence-corrected chi connectivity index (χ1v) is 7.69. The van der Waals surface area contributed by atoms with Gasteiger partial charge in [0.05, 0.1) is 6.04 Å². The van der Waals surface area contributed by atoms with Crippen LogP contribution < -0.4 is 10.6 Å². The Balaban J connectivity index is 1.79. The Morgan fingerprint density at radius 2 is 1.89 bits per heavy atom. The summed E-state index contributed by atoms with van der Waals surface area (Å²) in [6.45, 7) is 5.56. The molecule has 2 fully saturated rings. The van der Waals surface area contributed by atoms with Crippen LogP contribution in [0.5, 0.6) is 0 Å². The van der Waals surface area contributed by atoms with Crippen molar-refractivity contribution in [3.8, 4) is 0 Å². The zero-order valence-electron chi connectivity index (χ0n) is 11.9. The molecule has 2 rings (SSSR count). The van der Waals surface area contributed by atoms with Crippen molar-refractivity contribution < 1.29 is 4.79 Å². The fourth-order valence-corrected chi connectivity index (χ4v) is 3.24. The van der Waals surface area contributed by atoms with Crippen LogP contribution in [0.25, 0.3) is 0 Å². The molecule has 0 radical (unpaired) electrons. The van der Waals surface area contributed by atoms with Crippen LogP contribution in [0.1, 0.15) is 58.8 Å². The van der Waals surface area contributed by atoms with Crippen molar-refractivity contribution in [2.75, 3.05) is 6.54 Å². The molecule has 1 heterocycles. The van der Waals surface area contributed by atoms with E-state index < -0.39 is 0 Å². The smallest absolute Gasteiger partial charge is 0.237 e. The molecule has 2 N–H and O–H groups in total. The monoisotopic (exact) mass is 252 g/mol. The molecule has 104 valence electrons. The molecule has 1 aliphatic heterocycles. The summed E-state index contributed by atoms with van der Waals surface area (Å²) in [5.74, 6) is 1.75. The lowest BCUT2D eigenvalue weighted by Gasteiger charge is -2.29. The van der Waals surface area contributed by atoms with E-state index in [-0.39, 0.29) is 11.9 Å². The summed E-state index contributed by atoms with van der Waals surface area (Å²) in [6.07, 6.45) is 8.37. The maximum absolute atomic E-state index is 12.2. The Morgan fingerprint density at radius 1 is 1.06 bits per heavy atom. The molecule has 0 aromatic heterocycles. The average Bonchev–Trinajstić information content (AvgIpc) is 2.54. The number of hydrogen-bond acceptors (Lipinski definition) is 2. The predicted octanol–water partition coefficient (Wildman–Crippen LogP) is 2.46. The molecule has 0 spiro atoms. The lowest BCUT2D eigenvalue weighted by Crippen LogP contribution is -2.50. The molecular formula is C15H28N2O. The molecule has 2 aliphatic rings. The normalized spacial score (nSPS) is 37.9. The summed E-state index contributed by atoms with van der Waals surface area (Å²) in [7, 11) is 0. The minimum Gasteiger partial charge on any atom is -0.352 e. The van der Waals surface area contributed by atoms with E-state index >= 15 is 0 Å². The van der Waals surface area contributed by atoms with E-state index in [1.165, 1.54) is 32.1 Å². The number of piperidine rings is 1. The van der Waals surface area contributed by atoms with Gasteiger partial charge in [-0.1, -0.05) is 26.7 Å². The van der Waals surface area contributed by atoms with Gasteiger partial charge in [-0.3, -0.25) is 4.79 Å². The van der Waals surface area contributed by atoms with Crippen molar-refractivity contribution in [3.63, 3.8) is 0 Å². The maximum Gasteiger partial charge on any atom is 0.237 e. The van der Waals surface area contributed by atoms with Crippen molar-refractivity contribution in [3.05, 3.63) is 0 Å². The van der Waals surface area contributed by atoms with Crippen LogP contribution in [0.4, 0.5) is 0 Å². The second-order valence-corrected chi connectivity index (χ2v) is 6.46. The fraction of sp³-hybridized carbons (Fsp3) is 0.933. The summed E-state index contributed by atoms with van der Waals surface area (Å²) in [5, 5.41) is 6.62. The number of amides is 1. The van der Waals surface area contributed by atoms with Gasteiger partial charge in [0, 0.05) is 6.04 Å². The van der Waals surface area contributed by atoms with Gasteiger partial charge in [-0.15, -0.1) is 0 Å². The summed E-state index contributed by atoms with van der Waals surface area (Å²) in [5.41, 5.74) is 0. The highest BCUT2D eigenvalue weighted by molar-refractivity contribution is 5.82. The zero-order valence-corrected chi connectivity index (χ0v) is 11.9. The number of rotatable bonds is 2. The van der Waals surface area contributed by atoms with Gasteiger partial charge in [0.2, 0.25) is 5.91 Å². The number of carbonyl (C=O) groups is 1. The minimum absolute atomic E-state index is 0.0504. The minimum atomic E-state index is 0.0504. The van der Waals surface area contributed by atoms with Crippen LogP contribution in [-0.2, 0) is 4.79 Å². The molecule has 0 aromatic rings. The number of hydrogen-bond donors (Lipinski definition) is 2. The molecule has 18 heavy (non-hydrogen) atoms. The third-order valence-electron chi connectivity index (χ3n) is 4.59. The van der Waals surface area contributed by atoms with Gasteiger partial charge in [0.25, 0.3) is 0 Å². The SMILES string of the molecule is CC1CCCC(NC(=O)C2CC(C)CCN2)CC1. The highest BCUT2D eigenvalue weighted by Crippen LogP contribution is 2.23. The summed E-state index contributed by atoms with van der Waals surface area (Å²) >= 11 is 0. The summed E-state index contributed by atoms with van der Waals surface area (Å²) in [6, 6.07) is 0.468. The molecule has 1 amide bonds. The first-order valence-electron chi connectivity index (χ1n) is 7.69. The van der Waals surface area contributed by atoms with E-state index in [9.17, 15) is 4.79 Å². The van der Waals surface area contributed by atoms with Crippen LogP contribution in [0.3, 0.4) is 0 Å². The Bertz CT molecular complexity index is 280. The molecule has 4 unspecified atom stereocenters. The Kier molecular flexibility index (Phi) is 5.04. The first kappa shape index (κ1) is 13.9. The lowest BCUT2D eigenvalue weighted by atomic mass is 9.93. The Morgan fingerprint density at radius 3 is 2.67 bits per heavy atom. The van der Waals surface area contributed by atoms with E-state index in [0.29, 0.717) is 12.0 Å². The number of nitrogens with one attached hydrogen (secondary N) is 2. The van der Waals surface area contributed by atoms with Crippen molar-refractivity contribution >= 4 is 5.91 Å². The van der Waals surface area contributed by atoms with Crippen molar-refractivity contribution in [1.29, 1.82) is 0 Å². The molecule has 1 saturated heterocycles. The average molecular weight is 252 g/mol. The summed E-state index contributed by atoms with van der Waals surface area (Å²) in [4.78, 5) is 12.2. The van der Waals surface area contributed by atoms with Crippen LogP contribution in [0, 0.1) is 11.8 Å². The van der Waals surface area contributed by atoms with Crippen molar-refractivity contribution in [1.82, 2.24) is 10.6 Å². The van der Waals surface area contributed by atoms with Crippen molar-refractivity contribution in [2.45, 2.75) is 70.9 Å². The number of carbonyl (C=O) groups excluding carboxylic acids is 1. The quantitative estimate of drug-likeness (QED) is 0.741. The molecule has 1 saturated carbocycles. The molecule has 1 aliphatic carbocycles. The topological polar surface area (TPSA) is 41.1 Å². The van der Waals surface area contributed by atoms with Gasteiger partial charge >= 0.3 is 0 Å². The second kappa shape index (κ2) is 6.55. The highest BCUT2D eigenvalue weighted by Gasteiger charge is 2.26. The maximum atomic E-state index is 12.2. The molecular weight excluding hydrogens is 224 g/mol. The van der Waals surface area contributed by atoms with E-state index in [0.717, 1.165) is 25.3 Å². The first-order chi connectivity index (χ1) is 8.65. The lowest BCUT2D eigenvalue weighted by molar-refractivity contribution is -0.124. The fourth-order valence-electron chi connectivity index (χ4n) is 3.24. The van der Waals surface area contributed by atoms with Crippen LogP contribution >= 0.6 is 0 Å². The van der Waals surface area contributed by atoms with Gasteiger partial charge in [-0.25, -0.2) is 0 Å². The van der Waals surface area contributed by atoms with Gasteiger partial charge in [0.1, 0.15) is 0 Å². The van der Waals surface area contributed by atoms with E-state index in [4.69, 9.17) is 0 Å². The molecule has 4 atom stereocenters. The van der Waals surface area contributed by atoms with Crippen LogP contribution in [-0.4, -0.2) is 24.5 Å². The van der Waals surface area contributed by atoms with Gasteiger partial charge in [-0.2, -0.15) is 0 Å². The standard InChI is InChI=1S/C15H28N2O/c1-11-4-3-5-13(7-6-11)17-15(18)14-10-12(2)8-9-16-14/h11-14,16H,3-10H2,1-2H3,(H,17,18). The van der Waals surface area contributed by atoms with Crippen LogP contribution in [0.15, 0.2) is 0 Å². The largest absolute Gasteiger partial charge is 0.352 e. The third kappa shape index (κ3) is 3.98. The second-order valence-electron chi connectivity index (χ2n) is 6.46. The van der Waals surface area contributed by atoms with Gasteiger partial charge in [-0.05, 0) is 50.5 Å². The van der Waals surface area contributed by atoms with E-state index in [2.05, 4.69) is 24.5 Å². The van der Waals surface area contributed by atoms with Crippen LogP contribution in [0.2, 0.25) is 0 Å². The predicted molar refractivity (Wildman–Crippen MR) is 74.4 cm³/mol. The third-order valence-corrected chi connectivity index (χ3v) is 4.59.